The van der Waals surface area contributed by atoms with E-state index in [-0.39, 0.29) is 12.3 Å². The van der Waals surface area contributed by atoms with Crippen LogP contribution in [0.4, 0.5) is 5.13 Å². The molecule has 0 aliphatic heterocycles. The molecule has 1 N–H and O–H groups in total. The lowest BCUT2D eigenvalue weighted by Crippen LogP contribution is -2.12. The number of nitrogens with zero attached hydrogens (tertiary/aromatic N) is 4. The minimum absolute atomic E-state index is 0.146. The maximum Gasteiger partial charge on any atom is 0.226 e. The summed E-state index contributed by atoms with van der Waals surface area (Å²) >= 11 is 15.0. The quantitative estimate of drug-likeness (QED) is 0.194. The molecule has 0 unspecified atom stereocenters. The van der Waals surface area contributed by atoms with Gasteiger partial charge in [0.15, 0.2) is 5.13 Å². The number of thiazole rings is 1. The topological polar surface area (TPSA) is 80.7 Å². The fourth-order valence-corrected chi connectivity index (χ4v) is 5.49. The first kappa shape index (κ1) is 25.4. The second-order valence-electron chi connectivity index (χ2n) is 7.83. The van der Waals surface area contributed by atoms with E-state index in [4.69, 9.17) is 28.2 Å². The van der Waals surface area contributed by atoms with Gasteiger partial charge in [0, 0.05) is 39.3 Å². The number of carbonyl (C=O) groups excluding carboxylic acids is 1. The van der Waals surface area contributed by atoms with Gasteiger partial charge >= 0.3 is 0 Å². The first-order valence-corrected chi connectivity index (χ1v) is 13.9. The van der Waals surface area contributed by atoms with E-state index in [1.54, 1.807) is 12.1 Å². The van der Waals surface area contributed by atoms with Crippen molar-refractivity contribution in [3.05, 3.63) is 94.3 Å². The summed E-state index contributed by atoms with van der Waals surface area (Å²) in [5, 5.41) is 15.6. The molecule has 0 saturated carbocycles. The number of hydrogen-bond donors (Lipinski definition) is 1. The number of carbonyl (C=O) groups is 1. The monoisotopic (exact) mass is 563 g/mol. The molecule has 0 aliphatic rings. The summed E-state index contributed by atoms with van der Waals surface area (Å²) in [6.45, 7) is 0. The Balaban J connectivity index is 1.23. The Labute approximate surface area is 232 Å². The van der Waals surface area contributed by atoms with Gasteiger partial charge in [-0.25, -0.2) is 9.97 Å². The number of thioether (sulfide) groups is 1. The minimum Gasteiger partial charge on any atom is -0.302 e. The van der Waals surface area contributed by atoms with Gasteiger partial charge in [-0.3, -0.25) is 4.79 Å². The highest BCUT2D eigenvalue weighted by molar-refractivity contribution is 7.99. The fraction of sp³-hybridized carbons (Fsp3) is 0.0741. The Morgan fingerprint density at radius 2 is 1.57 bits per heavy atom. The lowest BCUT2D eigenvalue weighted by Gasteiger charge is -2.09. The number of halogens is 2. The standard InChI is InChI=1S/C27H19Cl2N5OS2/c28-19-11-12-20(21(29)15-19)22-16-37-26(30-22)31-23(35)13-14-36-27-32-24(17-7-3-1-4-8-17)25(33-34-27)18-9-5-2-6-10-18/h1-12,15-16H,13-14H2,(H,30,31,35). The Bertz CT molecular complexity index is 1530. The molecular weight excluding hydrogens is 545 g/mol. The summed E-state index contributed by atoms with van der Waals surface area (Å²) < 4.78 is 0. The van der Waals surface area contributed by atoms with Crippen molar-refractivity contribution in [2.24, 2.45) is 0 Å². The van der Waals surface area contributed by atoms with E-state index >= 15 is 0 Å². The second kappa shape index (κ2) is 11.8. The van der Waals surface area contributed by atoms with Gasteiger partial charge in [-0.15, -0.1) is 21.5 Å². The van der Waals surface area contributed by atoms with Crippen molar-refractivity contribution in [1.29, 1.82) is 0 Å². The van der Waals surface area contributed by atoms with Crippen LogP contribution in [0.1, 0.15) is 6.42 Å². The molecule has 37 heavy (non-hydrogen) atoms. The van der Waals surface area contributed by atoms with Crippen LogP contribution < -0.4 is 5.32 Å². The largest absolute Gasteiger partial charge is 0.302 e. The summed E-state index contributed by atoms with van der Waals surface area (Å²) in [5.74, 6) is 0.348. The Morgan fingerprint density at radius 3 is 2.27 bits per heavy atom. The second-order valence-corrected chi connectivity index (χ2v) is 10.6. The van der Waals surface area contributed by atoms with Crippen molar-refractivity contribution in [2.75, 3.05) is 11.1 Å². The lowest BCUT2D eigenvalue weighted by molar-refractivity contribution is -0.115. The van der Waals surface area contributed by atoms with Crippen molar-refractivity contribution >= 4 is 57.3 Å². The fourth-order valence-electron chi connectivity index (χ4n) is 3.53. The van der Waals surface area contributed by atoms with Gasteiger partial charge in [0.1, 0.15) is 11.4 Å². The molecule has 0 bridgehead atoms. The van der Waals surface area contributed by atoms with Crippen LogP contribution in [0.15, 0.2) is 89.4 Å². The first-order chi connectivity index (χ1) is 18.1. The first-order valence-electron chi connectivity index (χ1n) is 11.3. The van der Waals surface area contributed by atoms with Gasteiger partial charge in [-0.2, -0.15) is 0 Å². The minimum atomic E-state index is -0.146. The number of aromatic nitrogens is 4. The van der Waals surface area contributed by atoms with Gasteiger partial charge in [0.05, 0.1) is 10.7 Å². The van der Waals surface area contributed by atoms with Crippen LogP contribution >= 0.6 is 46.3 Å². The van der Waals surface area contributed by atoms with E-state index in [9.17, 15) is 4.79 Å². The molecule has 0 radical (unpaired) electrons. The average Bonchev–Trinajstić information content (AvgIpc) is 3.37. The van der Waals surface area contributed by atoms with E-state index in [0.717, 1.165) is 22.4 Å². The van der Waals surface area contributed by atoms with Gasteiger partial charge in [0.25, 0.3) is 0 Å². The molecule has 0 saturated heterocycles. The van der Waals surface area contributed by atoms with Gasteiger partial charge < -0.3 is 5.32 Å². The lowest BCUT2D eigenvalue weighted by atomic mass is 10.0. The SMILES string of the molecule is O=C(CCSc1nnc(-c2ccccc2)c(-c2ccccc2)n1)Nc1nc(-c2ccc(Cl)cc2Cl)cs1. The zero-order valence-electron chi connectivity index (χ0n) is 19.3. The van der Waals surface area contributed by atoms with E-state index in [0.29, 0.717) is 37.5 Å². The summed E-state index contributed by atoms with van der Waals surface area (Å²) in [7, 11) is 0. The normalized spacial score (nSPS) is 10.9. The molecule has 2 heterocycles. The van der Waals surface area contributed by atoms with Gasteiger partial charge in [-0.05, 0) is 18.2 Å². The molecule has 0 fully saturated rings. The maximum atomic E-state index is 12.5. The molecule has 5 rings (SSSR count). The molecule has 6 nitrogen and oxygen atoms in total. The van der Waals surface area contributed by atoms with Crippen molar-refractivity contribution in [3.63, 3.8) is 0 Å². The Morgan fingerprint density at radius 1 is 0.865 bits per heavy atom. The zero-order valence-corrected chi connectivity index (χ0v) is 22.4. The van der Waals surface area contributed by atoms with Crippen LogP contribution in [-0.2, 0) is 4.79 Å². The molecule has 0 spiro atoms. The molecule has 0 aliphatic carbocycles. The Kier molecular flexibility index (Phi) is 8.11. The number of nitrogens with one attached hydrogen (secondary N) is 1. The summed E-state index contributed by atoms with van der Waals surface area (Å²) in [6, 6.07) is 25.0. The molecule has 2 aromatic heterocycles. The van der Waals surface area contributed by atoms with Crippen molar-refractivity contribution in [3.8, 4) is 33.8 Å². The average molecular weight is 565 g/mol. The van der Waals surface area contributed by atoms with Crippen LogP contribution in [0.2, 0.25) is 10.0 Å². The van der Waals surface area contributed by atoms with Crippen molar-refractivity contribution in [2.45, 2.75) is 11.6 Å². The molecule has 184 valence electrons. The number of amides is 1. The van der Waals surface area contributed by atoms with Crippen LogP contribution in [0.25, 0.3) is 33.8 Å². The number of anilines is 1. The maximum absolute atomic E-state index is 12.5. The van der Waals surface area contributed by atoms with Crippen molar-refractivity contribution < 1.29 is 4.79 Å². The molecular formula is C27H19Cl2N5OS2. The summed E-state index contributed by atoms with van der Waals surface area (Å²) in [5.41, 5.74) is 4.81. The predicted octanol–water partition coefficient (Wildman–Crippen LogP) is 7.76. The van der Waals surface area contributed by atoms with Gasteiger partial charge in [0.2, 0.25) is 11.1 Å². The molecule has 1 amide bonds. The highest BCUT2D eigenvalue weighted by atomic mass is 35.5. The van der Waals surface area contributed by atoms with Crippen molar-refractivity contribution in [1.82, 2.24) is 20.2 Å². The number of rotatable bonds is 8. The highest BCUT2D eigenvalue weighted by Crippen LogP contribution is 2.33. The third-order valence-corrected chi connectivity index (χ3v) is 7.42. The molecule has 5 aromatic rings. The molecule has 0 atom stereocenters. The number of benzene rings is 3. The highest BCUT2D eigenvalue weighted by Gasteiger charge is 2.15. The summed E-state index contributed by atoms with van der Waals surface area (Å²) in [4.78, 5) is 21.8. The van der Waals surface area contributed by atoms with Crippen LogP contribution in [0.3, 0.4) is 0 Å². The van der Waals surface area contributed by atoms with Crippen LogP contribution in [0.5, 0.6) is 0 Å². The summed E-state index contributed by atoms with van der Waals surface area (Å²) in [6.07, 6.45) is 0.270. The van der Waals surface area contributed by atoms with E-state index in [2.05, 4.69) is 20.5 Å². The zero-order chi connectivity index (χ0) is 25.6. The van der Waals surface area contributed by atoms with Crippen LogP contribution in [0, 0.1) is 0 Å². The van der Waals surface area contributed by atoms with E-state index in [1.165, 1.54) is 23.1 Å². The molecule has 3 aromatic carbocycles. The van der Waals surface area contributed by atoms with Gasteiger partial charge in [-0.1, -0.05) is 95.6 Å². The Hall–Kier alpha value is -3.30. The van der Waals surface area contributed by atoms with Crippen LogP contribution in [-0.4, -0.2) is 31.8 Å². The van der Waals surface area contributed by atoms with E-state index in [1.807, 2.05) is 72.1 Å². The van der Waals surface area contributed by atoms with E-state index < -0.39 is 0 Å². The third kappa shape index (κ3) is 6.34. The third-order valence-electron chi connectivity index (χ3n) is 5.28. The number of hydrogen-bond acceptors (Lipinski definition) is 7. The smallest absolute Gasteiger partial charge is 0.226 e. The molecule has 10 heteroatoms. The predicted molar refractivity (Wildman–Crippen MR) is 152 cm³/mol.